The Bertz CT molecular complexity index is 592. The maximum atomic E-state index is 11.8. The van der Waals surface area contributed by atoms with Crippen LogP contribution in [0.1, 0.15) is 38.1 Å². The average molecular weight is 289 g/mol. The summed E-state index contributed by atoms with van der Waals surface area (Å²) in [5.74, 6) is -0.0340. The van der Waals surface area contributed by atoms with Gasteiger partial charge in [0.1, 0.15) is 5.82 Å². The molecule has 0 bridgehead atoms. The van der Waals surface area contributed by atoms with Crippen molar-refractivity contribution in [1.29, 1.82) is 0 Å². The Labute approximate surface area is 125 Å². The fourth-order valence-corrected chi connectivity index (χ4v) is 1.31. The highest BCUT2D eigenvalue weighted by molar-refractivity contribution is 6.03. The SMILES string of the molecule is CC.CC.Cn1ccc(NC(=O)c2ccccc2)nc1=O. The van der Waals surface area contributed by atoms with E-state index < -0.39 is 5.69 Å². The Kier molecular flexibility index (Phi) is 9.17. The van der Waals surface area contributed by atoms with Crippen molar-refractivity contribution >= 4 is 11.7 Å². The topological polar surface area (TPSA) is 64.0 Å². The zero-order chi connectivity index (χ0) is 16.3. The molecule has 0 aliphatic carbocycles. The quantitative estimate of drug-likeness (QED) is 0.924. The van der Waals surface area contributed by atoms with Gasteiger partial charge in [-0.2, -0.15) is 4.98 Å². The van der Waals surface area contributed by atoms with Gasteiger partial charge in [0.25, 0.3) is 5.91 Å². The molecule has 1 heterocycles. The normalized spacial score (nSPS) is 8.62. The molecule has 0 aliphatic rings. The fraction of sp³-hybridized carbons (Fsp3) is 0.312. The summed E-state index contributed by atoms with van der Waals surface area (Å²) >= 11 is 0. The third kappa shape index (κ3) is 6.03. The van der Waals surface area contributed by atoms with Crippen LogP contribution in [0, 0.1) is 0 Å². The number of hydrogen-bond acceptors (Lipinski definition) is 3. The van der Waals surface area contributed by atoms with Crippen LogP contribution in [-0.4, -0.2) is 15.5 Å². The lowest BCUT2D eigenvalue weighted by Gasteiger charge is -2.04. The predicted molar refractivity (Wildman–Crippen MR) is 86.6 cm³/mol. The molecular formula is C16H23N3O2. The second-order valence-corrected chi connectivity index (χ2v) is 3.53. The molecule has 5 heteroatoms. The van der Waals surface area contributed by atoms with Crippen LogP contribution >= 0.6 is 0 Å². The fourth-order valence-electron chi connectivity index (χ4n) is 1.31. The minimum absolute atomic E-state index is 0.252. The number of rotatable bonds is 2. The van der Waals surface area contributed by atoms with Crippen molar-refractivity contribution in [2.24, 2.45) is 7.05 Å². The molecule has 21 heavy (non-hydrogen) atoms. The Morgan fingerprint density at radius 3 is 2.14 bits per heavy atom. The van der Waals surface area contributed by atoms with E-state index in [9.17, 15) is 9.59 Å². The number of carbonyl (C=O) groups excluding carboxylic acids is 1. The summed E-state index contributed by atoms with van der Waals surface area (Å²) in [6.45, 7) is 8.00. The summed E-state index contributed by atoms with van der Waals surface area (Å²) < 4.78 is 1.33. The van der Waals surface area contributed by atoms with Gasteiger partial charge < -0.3 is 9.88 Å². The number of hydrogen-bond donors (Lipinski definition) is 1. The highest BCUT2D eigenvalue weighted by Gasteiger charge is 2.06. The number of amides is 1. The van der Waals surface area contributed by atoms with Gasteiger partial charge in [-0.25, -0.2) is 4.79 Å². The summed E-state index contributed by atoms with van der Waals surface area (Å²) in [6.07, 6.45) is 1.55. The zero-order valence-corrected chi connectivity index (χ0v) is 13.3. The summed E-state index contributed by atoms with van der Waals surface area (Å²) in [6, 6.07) is 10.3. The minimum atomic E-state index is -0.407. The van der Waals surface area contributed by atoms with E-state index in [0.717, 1.165) is 0 Å². The third-order valence-electron chi connectivity index (χ3n) is 2.25. The van der Waals surface area contributed by atoms with E-state index in [1.54, 1.807) is 43.6 Å². The number of nitrogens with zero attached hydrogens (tertiary/aromatic N) is 2. The average Bonchev–Trinajstić information content (AvgIpc) is 2.55. The summed E-state index contributed by atoms with van der Waals surface area (Å²) in [5.41, 5.74) is 0.117. The lowest BCUT2D eigenvalue weighted by molar-refractivity contribution is 0.102. The zero-order valence-electron chi connectivity index (χ0n) is 13.3. The number of benzene rings is 1. The summed E-state index contributed by atoms with van der Waals surface area (Å²) in [7, 11) is 1.60. The van der Waals surface area contributed by atoms with Gasteiger partial charge in [0, 0.05) is 18.8 Å². The van der Waals surface area contributed by atoms with Gasteiger partial charge in [-0.1, -0.05) is 45.9 Å². The minimum Gasteiger partial charge on any atom is -0.306 e. The number of aromatic nitrogens is 2. The molecule has 1 aromatic heterocycles. The predicted octanol–water partition coefficient (Wildman–Crippen LogP) is 3.09. The van der Waals surface area contributed by atoms with Crippen LogP contribution in [0.4, 0.5) is 5.82 Å². The van der Waals surface area contributed by atoms with E-state index in [1.807, 2.05) is 33.8 Å². The molecule has 1 aromatic carbocycles. The summed E-state index contributed by atoms with van der Waals surface area (Å²) in [5, 5.41) is 2.56. The van der Waals surface area contributed by atoms with Crippen molar-refractivity contribution in [2.45, 2.75) is 27.7 Å². The number of anilines is 1. The maximum Gasteiger partial charge on any atom is 0.349 e. The van der Waals surface area contributed by atoms with E-state index in [0.29, 0.717) is 5.56 Å². The molecule has 114 valence electrons. The molecule has 1 N–H and O–H groups in total. The molecule has 0 saturated heterocycles. The van der Waals surface area contributed by atoms with Crippen LogP contribution in [0.2, 0.25) is 0 Å². The van der Waals surface area contributed by atoms with E-state index >= 15 is 0 Å². The summed E-state index contributed by atoms with van der Waals surface area (Å²) in [4.78, 5) is 26.7. The van der Waals surface area contributed by atoms with Crippen LogP contribution in [0.3, 0.4) is 0 Å². The van der Waals surface area contributed by atoms with E-state index in [4.69, 9.17) is 0 Å². The molecule has 1 amide bonds. The van der Waals surface area contributed by atoms with Crippen LogP contribution in [0.15, 0.2) is 47.4 Å². The second-order valence-electron chi connectivity index (χ2n) is 3.53. The first-order valence-electron chi connectivity index (χ1n) is 7.07. The maximum absolute atomic E-state index is 11.8. The van der Waals surface area contributed by atoms with Crippen LogP contribution < -0.4 is 11.0 Å². The Morgan fingerprint density at radius 1 is 1.05 bits per heavy atom. The monoisotopic (exact) mass is 289 g/mol. The molecule has 0 atom stereocenters. The molecule has 5 nitrogen and oxygen atoms in total. The molecular weight excluding hydrogens is 266 g/mol. The molecule has 0 spiro atoms. The van der Waals surface area contributed by atoms with Crippen molar-refractivity contribution < 1.29 is 4.79 Å². The van der Waals surface area contributed by atoms with Crippen LogP contribution in [0.5, 0.6) is 0 Å². The lowest BCUT2D eigenvalue weighted by atomic mass is 10.2. The van der Waals surface area contributed by atoms with Gasteiger partial charge in [-0.05, 0) is 18.2 Å². The van der Waals surface area contributed by atoms with Crippen molar-refractivity contribution in [2.75, 3.05) is 5.32 Å². The highest BCUT2D eigenvalue weighted by Crippen LogP contribution is 2.03. The van der Waals surface area contributed by atoms with E-state index in [2.05, 4.69) is 10.3 Å². The smallest absolute Gasteiger partial charge is 0.306 e. The Hall–Kier alpha value is -2.43. The van der Waals surface area contributed by atoms with Gasteiger partial charge >= 0.3 is 5.69 Å². The molecule has 0 aliphatic heterocycles. The molecule has 0 unspecified atom stereocenters. The van der Waals surface area contributed by atoms with Crippen molar-refractivity contribution in [1.82, 2.24) is 9.55 Å². The Balaban J connectivity index is 0.000000921. The molecule has 2 rings (SSSR count). The van der Waals surface area contributed by atoms with E-state index in [-0.39, 0.29) is 11.7 Å². The van der Waals surface area contributed by atoms with Crippen LogP contribution in [-0.2, 0) is 7.05 Å². The van der Waals surface area contributed by atoms with Crippen molar-refractivity contribution in [3.05, 3.63) is 58.6 Å². The first-order valence-corrected chi connectivity index (χ1v) is 7.07. The van der Waals surface area contributed by atoms with Gasteiger partial charge in [0.2, 0.25) is 0 Å². The van der Waals surface area contributed by atoms with Gasteiger partial charge in [0.15, 0.2) is 0 Å². The standard InChI is InChI=1S/C12H11N3O2.2C2H6/c1-15-8-7-10(14-12(15)17)13-11(16)9-5-3-2-4-6-9;2*1-2/h2-8H,1H3,(H,13,14,16,17);2*1-2H3. The highest BCUT2D eigenvalue weighted by atomic mass is 16.2. The van der Waals surface area contributed by atoms with Crippen molar-refractivity contribution in [3.63, 3.8) is 0 Å². The number of nitrogens with one attached hydrogen (secondary N) is 1. The van der Waals surface area contributed by atoms with Gasteiger partial charge in [0.05, 0.1) is 0 Å². The molecule has 0 saturated carbocycles. The third-order valence-corrected chi connectivity index (χ3v) is 2.25. The number of aryl methyl sites for hydroxylation is 1. The molecule has 0 fully saturated rings. The largest absolute Gasteiger partial charge is 0.349 e. The lowest BCUT2D eigenvalue weighted by Crippen LogP contribution is -2.22. The van der Waals surface area contributed by atoms with Crippen LogP contribution in [0.25, 0.3) is 0 Å². The number of carbonyl (C=O) groups is 1. The Morgan fingerprint density at radius 2 is 1.62 bits per heavy atom. The molecule has 2 aromatic rings. The van der Waals surface area contributed by atoms with Gasteiger partial charge in [-0.15, -0.1) is 0 Å². The van der Waals surface area contributed by atoms with E-state index in [1.165, 1.54) is 4.57 Å². The van der Waals surface area contributed by atoms with Gasteiger partial charge in [-0.3, -0.25) is 4.79 Å². The van der Waals surface area contributed by atoms with Crippen molar-refractivity contribution in [3.8, 4) is 0 Å². The molecule has 0 radical (unpaired) electrons. The first kappa shape index (κ1) is 18.6. The first-order chi connectivity index (χ1) is 10.2. The second kappa shape index (κ2) is 10.4.